The van der Waals surface area contributed by atoms with Crippen LogP contribution in [0.4, 0.5) is 11.4 Å². The molecule has 2 aromatic rings. The van der Waals surface area contributed by atoms with Gasteiger partial charge in [-0.2, -0.15) is 0 Å². The monoisotopic (exact) mass is 383 g/mol. The Morgan fingerprint density at radius 3 is 2.20 bits per heavy atom. The first-order valence-electron chi connectivity index (χ1n) is 7.83. The van der Waals surface area contributed by atoms with Crippen molar-refractivity contribution in [3.8, 4) is 5.75 Å². The third-order valence-corrected chi connectivity index (χ3v) is 4.04. The quantitative estimate of drug-likeness (QED) is 0.550. The minimum absolute atomic E-state index is 0.515. The maximum absolute atomic E-state index is 11.1. The van der Waals surface area contributed by atoms with Crippen molar-refractivity contribution in [2.75, 3.05) is 42.5 Å². The van der Waals surface area contributed by atoms with Gasteiger partial charge in [0.2, 0.25) is 10.0 Å². The largest absolute Gasteiger partial charge is 0.492 e. The Balaban J connectivity index is 1.57. The standard InChI is InChI=1S/C17H22ClN3O3S/c1-25(22,23)21-16-6-8-17(9-7-16)24-13-12-19-10-11-20-15-4-2-14(18)3-5-15/h2-9,19-21H,10-13H2,1H3. The SMILES string of the molecule is CS(=O)(=O)Nc1ccc(OCCNCCNc2ccc(Cl)cc2)cc1. The van der Waals surface area contributed by atoms with Crippen LogP contribution in [0.1, 0.15) is 0 Å². The van der Waals surface area contributed by atoms with E-state index in [0.717, 1.165) is 30.1 Å². The highest BCUT2D eigenvalue weighted by Crippen LogP contribution is 2.16. The molecule has 0 aliphatic heterocycles. The fourth-order valence-corrected chi connectivity index (χ4v) is 2.75. The van der Waals surface area contributed by atoms with Gasteiger partial charge in [0.25, 0.3) is 0 Å². The molecule has 2 aromatic carbocycles. The minimum atomic E-state index is -3.26. The Kier molecular flexibility index (Phi) is 7.36. The van der Waals surface area contributed by atoms with Crippen molar-refractivity contribution in [1.82, 2.24) is 5.32 Å². The van der Waals surface area contributed by atoms with Crippen LogP contribution in [-0.2, 0) is 10.0 Å². The van der Waals surface area contributed by atoms with E-state index >= 15 is 0 Å². The van der Waals surface area contributed by atoms with Crippen molar-refractivity contribution in [3.63, 3.8) is 0 Å². The Morgan fingerprint density at radius 1 is 0.920 bits per heavy atom. The Bertz CT molecular complexity index is 750. The average molecular weight is 384 g/mol. The molecule has 2 rings (SSSR count). The summed E-state index contributed by atoms with van der Waals surface area (Å²) in [6.45, 7) is 2.85. The third kappa shape index (κ3) is 8.11. The number of ether oxygens (including phenoxy) is 1. The molecule has 0 heterocycles. The second kappa shape index (κ2) is 9.50. The van der Waals surface area contributed by atoms with Crippen LogP contribution in [0.5, 0.6) is 5.75 Å². The van der Waals surface area contributed by atoms with E-state index in [-0.39, 0.29) is 0 Å². The summed E-state index contributed by atoms with van der Waals surface area (Å²) in [5.41, 5.74) is 1.55. The molecular formula is C17H22ClN3O3S. The summed E-state index contributed by atoms with van der Waals surface area (Å²) in [4.78, 5) is 0. The summed E-state index contributed by atoms with van der Waals surface area (Å²) in [6.07, 6.45) is 1.12. The Morgan fingerprint density at radius 2 is 1.56 bits per heavy atom. The molecule has 0 unspecified atom stereocenters. The van der Waals surface area contributed by atoms with Crippen molar-refractivity contribution >= 4 is 33.0 Å². The molecule has 3 N–H and O–H groups in total. The lowest BCUT2D eigenvalue weighted by Gasteiger charge is -2.10. The zero-order chi connectivity index (χ0) is 18.1. The third-order valence-electron chi connectivity index (χ3n) is 3.18. The van der Waals surface area contributed by atoms with Gasteiger partial charge < -0.3 is 15.4 Å². The first-order valence-corrected chi connectivity index (χ1v) is 10.1. The van der Waals surface area contributed by atoms with Crippen LogP contribution in [-0.4, -0.2) is 40.9 Å². The van der Waals surface area contributed by atoms with Crippen molar-refractivity contribution in [1.29, 1.82) is 0 Å². The van der Waals surface area contributed by atoms with E-state index in [1.807, 2.05) is 24.3 Å². The highest BCUT2D eigenvalue weighted by molar-refractivity contribution is 7.92. The molecule has 0 aromatic heterocycles. The lowest BCUT2D eigenvalue weighted by molar-refractivity contribution is 0.315. The van der Waals surface area contributed by atoms with Gasteiger partial charge in [0.1, 0.15) is 12.4 Å². The zero-order valence-corrected chi connectivity index (χ0v) is 15.5. The van der Waals surface area contributed by atoms with Crippen molar-refractivity contribution < 1.29 is 13.2 Å². The van der Waals surface area contributed by atoms with Gasteiger partial charge in [-0.3, -0.25) is 4.72 Å². The van der Waals surface area contributed by atoms with Gasteiger partial charge in [0.15, 0.2) is 0 Å². The highest BCUT2D eigenvalue weighted by Gasteiger charge is 2.01. The number of hydrogen-bond acceptors (Lipinski definition) is 5. The number of halogens is 1. The van der Waals surface area contributed by atoms with Gasteiger partial charge in [0, 0.05) is 36.0 Å². The number of nitrogens with one attached hydrogen (secondary N) is 3. The predicted octanol–water partition coefficient (Wildman–Crippen LogP) is 2.79. The molecule has 0 saturated heterocycles. The molecule has 0 aliphatic rings. The summed E-state index contributed by atoms with van der Waals surface area (Å²) in [7, 11) is -3.26. The molecule has 0 aliphatic carbocycles. The van der Waals surface area contributed by atoms with Crippen molar-refractivity contribution in [3.05, 3.63) is 53.6 Å². The van der Waals surface area contributed by atoms with E-state index in [2.05, 4.69) is 15.4 Å². The second-order valence-electron chi connectivity index (χ2n) is 5.43. The average Bonchev–Trinajstić information content (AvgIpc) is 2.56. The van der Waals surface area contributed by atoms with E-state index in [9.17, 15) is 8.42 Å². The van der Waals surface area contributed by atoms with Crippen LogP contribution in [0, 0.1) is 0 Å². The van der Waals surface area contributed by atoms with Crippen LogP contribution in [0.15, 0.2) is 48.5 Å². The number of sulfonamides is 1. The van der Waals surface area contributed by atoms with Crippen LogP contribution in [0.25, 0.3) is 0 Å². The molecule has 136 valence electrons. The molecule has 0 fully saturated rings. The summed E-state index contributed by atoms with van der Waals surface area (Å²) in [5.74, 6) is 0.695. The summed E-state index contributed by atoms with van der Waals surface area (Å²) in [5, 5.41) is 7.28. The number of hydrogen-bond donors (Lipinski definition) is 3. The smallest absolute Gasteiger partial charge is 0.229 e. The fourth-order valence-electron chi connectivity index (χ4n) is 2.06. The van der Waals surface area contributed by atoms with Gasteiger partial charge in [-0.25, -0.2) is 8.42 Å². The Hall–Kier alpha value is -1.96. The molecule has 0 amide bonds. The van der Waals surface area contributed by atoms with Crippen LogP contribution in [0.3, 0.4) is 0 Å². The number of benzene rings is 2. The van der Waals surface area contributed by atoms with Gasteiger partial charge in [-0.05, 0) is 48.5 Å². The van der Waals surface area contributed by atoms with Gasteiger partial charge >= 0.3 is 0 Å². The molecular weight excluding hydrogens is 362 g/mol. The van der Waals surface area contributed by atoms with E-state index < -0.39 is 10.0 Å². The van der Waals surface area contributed by atoms with Crippen LogP contribution < -0.4 is 20.1 Å². The van der Waals surface area contributed by atoms with E-state index in [1.165, 1.54) is 0 Å². The molecule has 0 atom stereocenters. The number of rotatable bonds is 10. The van der Waals surface area contributed by atoms with Crippen molar-refractivity contribution in [2.45, 2.75) is 0 Å². The summed E-state index contributed by atoms with van der Waals surface area (Å²) in [6, 6.07) is 14.4. The lowest BCUT2D eigenvalue weighted by atomic mass is 10.3. The Labute approximate surface area is 153 Å². The van der Waals surface area contributed by atoms with Gasteiger partial charge in [-0.1, -0.05) is 11.6 Å². The maximum atomic E-state index is 11.1. The van der Waals surface area contributed by atoms with E-state index in [0.29, 0.717) is 24.6 Å². The van der Waals surface area contributed by atoms with Crippen LogP contribution >= 0.6 is 11.6 Å². The fraction of sp³-hybridized carbons (Fsp3) is 0.294. The molecule has 0 spiro atoms. The lowest BCUT2D eigenvalue weighted by Crippen LogP contribution is -2.26. The zero-order valence-electron chi connectivity index (χ0n) is 14.0. The molecule has 0 bridgehead atoms. The molecule has 6 nitrogen and oxygen atoms in total. The minimum Gasteiger partial charge on any atom is -0.492 e. The summed E-state index contributed by atoms with van der Waals surface area (Å²) >= 11 is 5.83. The second-order valence-corrected chi connectivity index (χ2v) is 7.62. The topological polar surface area (TPSA) is 79.5 Å². The molecule has 25 heavy (non-hydrogen) atoms. The first kappa shape index (κ1) is 19.4. The predicted molar refractivity (Wildman–Crippen MR) is 103 cm³/mol. The molecule has 0 radical (unpaired) electrons. The summed E-state index contributed by atoms with van der Waals surface area (Å²) < 4.78 is 30.3. The molecule has 0 saturated carbocycles. The van der Waals surface area contributed by atoms with E-state index in [4.69, 9.17) is 16.3 Å². The van der Waals surface area contributed by atoms with Crippen molar-refractivity contribution in [2.24, 2.45) is 0 Å². The van der Waals surface area contributed by atoms with Gasteiger partial charge in [-0.15, -0.1) is 0 Å². The highest BCUT2D eigenvalue weighted by atomic mass is 35.5. The molecule has 8 heteroatoms. The normalized spacial score (nSPS) is 11.1. The number of anilines is 2. The van der Waals surface area contributed by atoms with Gasteiger partial charge in [0.05, 0.1) is 6.26 Å². The van der Waals surface area contributed by atoms with Crippen LogP contribution in [0.2, 0.25) is 5.02 Å². The first-order chi connectivity index (χ1) is 11.9. The maximum Gasteiger partial charge on any atom is 0.229 e. The van der Waals surface area contributed by atoms with E-state index in [1.54, 1.807) is 24.3 Å².